The summed E-state index contributed by atoms with van der Waals surface area (Å²) in [5, 5.41) is 23.3. The molecule has 1 saturated carbocycles. The number of anilines is 3. The van der Waals surface area contributed by atoms with E-state index in [-0.39, 0.29) is 37.3 Å². The molecule has 186 valence electrons. The zero-order valence-corrected chi connectivity index (χ0v) is 19.7. The van der Waals surface area contributed by atoms with E-state index in [1.165, 1.54) is 4.90 Å². The molecule has 35 heavy (non-hydrogen) atoms. The second kappa shape index (κ2) is 11.3. The van der Waals surface area contributed by atoms with Crippen LogP contribution in [0, 0.1) is 11.3 Å². The summed E-state index contributed by atoms with van der Waals surface area (Å²) < 4.78 is 5.43. The molecule has 2 aliphatic rings. The van der Waals surface area contributed by atoms with Gasteiger partial charge in [0.25, 0.3) is 11.8 Å². The predicted molar refractivity (Wildman–Crippen MR) is 134 cm³/mol. The molecule has 0 aromatic heterocycles. The molecule has 1 heterocycles. The van der Waals surface area contributed by atoms with Gasteiger partial charge in [0.2, 0.25) is 5.91 Å². The highest BCUT2D eigenvalue weighted by molar-refractivity contribution is 6.04. The van der Waals surface area contributed by atoms with Crippen molar-refractivity contribution in [2.75, 3.05) is 28.7 Å². The van der Waals surface area contributed by atoms with Crippen LogP contribution in [0.15, 0.2) is 48.5 Å². The van der Waals surface area contributed by atoms with Crippen LogP contribution in [0.4, 0.5) is 17.1 Å². The monoisotopic (exact) mass is 501 g/mol. The van der Waals surface area contributed by atoms with Gasteiger partial charge in [-0.05, 0) is 67.3 Å². The van der Waals surface area contributed by atoms with Crippen LogP contribution in [0.1, 0.15) is 24.8 Å². The molecule has 10 nitrogen and oxygen atoms in total. The Bertz CT molecular complexity index is 1090. The number of aliphatic hydroxyl groups excluding tert-OH is 1. The second-order valence-electron chi connectivity index (χ2n) is 8.45. The van der Waals surface area contributed by atoms with E-state index in [1.807, 2.05) is 0 Å². The van der Waals surface area contributed by atoms with Gasteiger partial charge in [0.15, 0.2) is 12.2 Å². The van der Waals surface area contributed by atoms with Gasteiger partial charge < -0.3 is 31.1 Å². The summed E-state index contributed by atoms with van der Waals surface area (Å²) in [5.41, 5.74) is 7.51. The van der Waals surface area contributed by atoms with Crippen molar-refractivity contribution in [1.82, 2.24) is 0 Å². The minimum atomic E-state index is -1.72. The molecule has 1 saturated heterocycles. The van der Waals surface area contributed by atoms with Gasteiger partial charge in [-0.3, -0.25) is 19.8 Å². The number of aliphatic hydroxyl groups is 1. The minimum Gasteiger partial charge on any atom is -0.384 e. The lowest BCUT2D eigenvalue weighted by Crippen LogP contribution is -2.55. The van der Waals surface area contributed by atoms with Gasteiger partial charge in [-0.25, -0.2) is 0 Å². The number of hydrogen-bond donors (Lipinski definition) is 5. The Hall–Kier alpha value is -3.47. The third-order valence-electron chi connectivity index (χ3n) is 5.77. The predicted octanol–water partition coefficient (Wildman–Crippen LogP) is 1.86. The largest absolute Gasteiger partial charge is 0.384 e. The number of nitrogen functional groups attached to an aromatic ring is 1. The molecule has 1 aliphatic carbocycles. The summed E-state index contributed by atoms with van der Waals surface area (Å²) in [6.45, 7) is 0.414. The van der Waals surface area contributed by atoms with Gasteiger partial charge >= 0.3 is 0 Å². The van der Waals surface area contributed by atoms with Crippen LogP contribution in [-0.4, -0.2) is 54.0 Å². The van der Waals surface area contributed by atoms with E-state index in [0.717, 1.165) is 12.8 Å². The molecular formula is C24H28ClN5O5. The Kier molecular flexibility index (Phi) is 8.44. The number of carbonyl (C=O) groups is 3. The number of nitrogens with zero attached hydrogens (tertiary/aromatic N) is 1. The molecule has 2 fully saturated rings. The summed E-state index contributed by atoms with van der Waals surface area (Å²) in [7, 11) is 0. The Labute approximate surface area is 208 Å². The Morgan fingerprint density at radius 2 is 1.69 bits per heavy atom. The summed E-state index contributed by atoms with van der Waals surface area (Å²) in [5.74, 6) is -0.961. The summed E-state index contributed by atoms with van der Waals surface area (Å²) >= 11 is 0. The zero-order valence-electron chi connectivity index (χ0n) is 18.9. The normalized spacial score (nSPS) is 18.3. The molecule has 2 atom stereocenters. The van der Waals surface area contributed by atoms with Crippen LogP contribution < -0.4 is 21.3 Å². The summed E-state index contributed by atoms with van der Waals surface area (Å²) in [6.07, 6.45) is -0.357. The number of nitrogens with two attached hydrogens (primary N) is 1. The van der Waals surface area contributed by atoms with Gasteiger partial charge in [0.1, 0.15) is 5.84 Å². The number of carbonyl (C=O) groups excluding carboxylic acids is 3. The Balaban J connectivity index is 0.00000342. The molecule has 0 radical (unpaired) electrons. The molecule has 4 rings (SSSR count). The third kappa shape index (κ3) is 6.56. The van der Waals surface area contributed by atoms with E-state index in [0.29, 0.717) is 35.0 Å². The molecular weight excluding hydrogens is 474 g/mol. The fourth-order valence-electron chi connectivity index (χ4n) is 3.70. The number of amides is 3. The lowest BCUT2D eigenvalue weighted by Gasteiger charge is -2.34. The number of hydrogen-bond acceptors (Lipinski definition) is 6. The minimum absolute atomic E-state index is 0. The molecule has 0 spiro atoms. The quantitative estimate of drug-likeness (QED) is 0.274. The van der Waals surface area contributed by atoms with Crippen LogP contribution in [0.2, 0.25) is 0 Å². The number of morpholine rings is 1. The molecule has 11 heteroatoms. The van der Waals surface area contributed by atoms with Crippen molar-refractivity contribution in [1.29, 1.82) is 5.41 Å². The molecule has 0 unspecified atom stereocenters. The van der Waals surface area contributed by atoms with Crippen molar-refractivity contribution >= 4 is 53.0 Å². The van der Waals surface area contributed by atoms with Gasteiger partial charge in [-0.1, -0.05) is 0 Å². The first kappa shape index (κ1) is 26.1. The maximum atomic E-state index is 13.0. The fourth-order valence-corrected chi connectivity index (χ4v) is 3.70. The average Bonchev–Trinajstić information content (AvgIpc) is 3.63. The maximum absolute atomic E-state index is 13.0. The lowest BCUT2D eigenvalue weighted by molar-refractivity contribution is -0.150. The number of halogens is 1. The molecule has 2 aromatic rings. The first-order chi connectivity index (χ1) is 16.3. The van der Waals surface area contributed by atoms with Crippen LogP contribution in [0.3, 0.4) is 0 Å². The van der Waals surface area contributed by atoms with E-state index in [1.54, 1.807) is 48.5 Å². The van der Waals surface area contributed by atoms with Gasteiger partial charge in [0, 0.05) is 35.6 Å². The highest BCUT2D eigenvalue weighted by atomic mass is 35.5. The Morgan fingerprint density at radius 1 is 1.09 bits per heavy atom. The Morgan fingerprint density at radius 3 is 2.29 bits per heavy atom. The SMILES string of the molecule is Cl.N=C(N)c1ccc(NC(=O)[C@H](O)[C@H]2OCCN(c3ccc(NC(=O)CC4CC4)cc3)C2=O)cc1. The van der Waals surface area contributed by atoms with Gasteiger partial charge in [-0.15, -0.1) is 12.4 Å². The highest BCUT2D eigenvalue weighted by Gasteiger charge is 2.39. The van der Waals surface area contributed by atoms with Crippen molar-refractivity contribution in [3.8, 4) is 0 Å². The maximum Gasteiger partial charge on any atom is 0.259 e. The van der Waals surface area contributed by atoms with E-state index in [4.69, 9.17) is 15.9 Å². The van der Waals surface area contributed by atoms with Crippen molar-refractivity contribution < 1.29 is 24.2 Å². The molecule has 6 N–H and O–H groups in total. The van der Waals surface area contributed by atoms with E-state index >= 15 is 0 Å². The number of rotatable bonds is 8. The zero-order chi connectivity index (χ0) is 24.2. The fraction of sp³-hybridized carbons (Fsp3) is 0.333. The molecule has 1 aliphatic heterocycles. The van der Waals surface area contributed by atoms with Crippen LogP contribution in [-0.2, 0) is 19.1 Å². The lowest BCUT2D eigenvalue weighted by atomic mass is 10.1. The summed E-state index contributed by atoms with van der Waals surface area (Å²) in [4.78, 5) is 39.0. The van der Waals surface area contributed by atoms with E-state index in [9.17, 15) is 19.5 Å². The van der Waals surface area contributed by atoms with Crippen molar-refractivity contribution in [3.05, 3.63) is 54.1 Å². The van der Waals surface area contributed by atoms with Crippen LogP contribution in [0.5, 0.6) is 0 Å². The number of ether oxygens (including phenoxy) is 1. The average molecular weight is 502 g/mol. The van der Waals surface area contributed by atoms with Crippen molar-refractivity contribution in [3.63, 3.8) is 0 Å². The molecule has 2 aromatic carbocycles. The highest BCUT2D eigenvalue weighted by Crippen LogP contribution is 2.32. The number of benzene rings is 2. The third-order valence-corrected chi connectivity index (χ3v) is 5.77. The number of nitrogens with one attached hydrogen (secondary N) is 3. The number of amidine groups is 1. The standard InChI is InChI=1S/C24H27N5O5.ClH/c25-22(26)15-3-5-17(6-4-15)28-23(32)20(31)21-24(33)29(11-12-34-21)18-9-7-16(8-10-18)27-19(30)13-14-1-2-14;/h3-10,14,20-21,31H,1-2,11-13H2,(H3,25,26)(H,27,30)(H,28,32);1H/t20-,21-;/m1./s1. The molecule has 3 amide bonds. The van der Waals surface area contributed by atoms with E-state index in [2.05, 4.69) is 10.6 Å². The van der Waals surface area contributed by atoms with Crippen molar-refractivity contribution in [2.24, 2.45) is 11.7 Å². The topological polar surface area (TPSA) is 158 Å². The smallest absolute Gasteiger partial charge is 0.259 e. The first-order valence-electron chi connectivity index (χ1n) is 11.1. The second-order valence-corrected chi connectivity index (χ2v) is 8.45. The van der Waals surface area contributed by atoms with Gasteiger partial charge in [-0.2, -0.15) is 0 Å². The van der Waals surface area contributed by atoms with E-state index < -0.39 is 24.0 Å². The summed E-state index contributed by atoms with van der Waals surface area (Å²) in [6, 6.07) is 13.0. The van der Waals surface area contributed by atoms with Crippen molar-refractivity contribution in [2.45, 2.75) is 31.5 Å². The van der Waals surface area contributed by atoms with Crippen LogP contribution in [0.25, 0.3) is 0 Å². The van der Waals surface area contributed by atoms with Gasteiger partial charge in [0.05, 0.1) is 6.61 Å². The van der Waals surface area contributed by atoms with Crippen LogP contribution >= 0.6 is 12.4 Å². The molecule has 0 bridgehead atoms. The first-order valence-corrected chi connectivity index (χ1v) is 11.1.